The molecule has 1 fully saturated rings. The first-order chi connectivity index (χ1) is 13.0. The number of aromatic carboxylic acids is 1. The molecule has 9 nitrogen and oxygen atoms in total. The van der Waals surface area contributed by atoms with E-state index < -0.39 is 5.97 Å². The summed E-state index contributed by atoms with van der Waals surface area (Å²) in [6.07, 6.45) is 7.22. The van der Waals surface area contributed by atoms with Crippen molar-refractivity contribution in [3.05, 3.63) is 41.0 Å². The summed E-state index contributed by atoms with van der Waals surface area (Å²) in [5.74, 6) is 0.373. The van der Waals surface area contributed by atoms with Crippen molar-refractivity contribution in [3.63, 3.8) is 0 Å². The van der Waals surface area contributed by atoms with E-state index in [0.717, 1.165) is 37.3 Å². The molecule has 0 atom stereocenters. The zero-order valence-corrected chi connectivity index (χ0v) is 15.1. The molecule has 1 N–H and O–H groups in total. The van der Waals surface area contributed by atoms with Crippen molar-refractivity contribution in [2.45, 2.75) is 26.7 Å². The van der Waals surface area contributed by atoms with Gasteiger partial charge in [-0.25, -0.2) is 24.3 Å². The second-order valence-electron chi connectivity index (χ2n) is 6.49. The van der Waals surface area contributed by atoms with E-state index in [4.69, 9.17) is 0 Å². The monoisotopic (exact) mass is 365 g/mol. The Kier molecular flexibility index (Phi) is 4.27. The van der Waals surface area contributed by atoms with Crippen molar-refractivity contribution in [2.24, 2.45) is 0 Å². The van der Waals surface area contributed by atoms with Gasteiger partial charge in [0.05, 0.1) is 11.4 Å². The third-order valence-corrected chi connectivity index (χ3v) is 4.49. The summed E-state index contributed by atoms with van der Waals surface area (Å²) in [6.45, 7) is 5.53. The molecule has 1 aliphatic rings. The first-order valence-electron chi connectivity index (χ1n) is 8.75. The van der Waals surface area contributed by atoms with E-state index in [-0.39, 0.29) is 5.69 Å². The van der Waals surface area contributed by atoms with E-state index in [1.807, 2.05) is 13.8 Å². The number of nitrogens with zero attached hydrogens (tertiary/aromatic N) is 7. The number of anilines is 1. The normalized spacial score (nSPS) is 14.5. The lowest BCUT2D eigenvalue weighted by Gasteiger charge is -2.16. The SMILES string of the molecule is Cc1ncc(C)n2nc(/C=C/c3nc(C(=O)O)cc(N4CCCC4)n3)nc12. The fourth-order valence-corrected chi connectivity index (χ4v) is 3.08. The number of aryl methyl sites for hydroxylation is 2. The molecule has 9 heteroatoms. The van der Waals surface area contributed by atoms with Crippen LogP contribution in [0, 0.1) is 13.8 Å². The van der Waals surface area contributed by atoms with Crippen LogP contribution in [0.25, 0.3) is 17.8 Å². The Labute approximate surface area is 155 Å². The Morgan fingerprint density at radius 3 is 2.56 bits per heavy atom. The summed E-state index contributed by atoms with van der Waals surface area (Å²) in [5.41, 5.74) is 2.33. The van der Waals surface area contributed by atoms with Crippen molar-refractivity contribution >= 4 is 29.6 Å². The van der Waals surface area contributed by atoms with Gasteiger partial charge in [-0.15, -0.1) is 5.10 Å². The molecule has 0 unspecified atom stereocenters. The molecule has 1 saturated heterocycles. The highest BCUT2D eigenvalue weighted by Crippen LogP contribution is 2.19. The summed E-state index contributed by atoms with van der Waals surface area (Å²) >= 11 is 0. The number of rotatable bonds is 4. The van der Waals surface area contributed by atoms with Crippen LogP contribution < -0.4 is 4.90 Å². The second-order valence-corrected chi connectivity index (χ2v) is 6.49. The number of hydrogen-bond acceptors (Lipinski definition) is 7. The third kappa shape index (κ3) is 3.35. The minimum Gasteiger partial charge on any atom is -0.477 e. The molecular weight excluding hydrogens is 346 g/mol. The molecule has 0 amide bonds. The molecular formula is C18H19N7O2. The maximum absolute atomic E-state index is 11.4. The number of aromatic nitrogens is 6. The van der Waals surface area contributed by atoms with Crippen LogP contribution >= 0.6 is 0 Å². The molecule has 0 bridgehead atoms. The van der Waals surface area contributed by atoms with Crippen LogP contribution in [0.2, 0.25) is 0 Å². The van der Waals surface area contributed by atoms with E-state index in [1.165, 1.54) is 6.07 Å². The molecule has 0 aliphatic carbocycles. The molecule has 4 heterocycles. The lowest BCUT2D eigenvalue weighted by molar-refractivity contribution is 0.0690. The molecule has 3 aromatic rings. The smallest absolute Gasteiger partial charge is 0.354 e. The van der Waals surface area contributed by atoms with Gasteiger partial charge < -0.3 is 10.0 Å². The Bertz CT molecular complexity index is 1010. The van der Waals surface area contributed by atoms with Crippen LogP contribution in [-0.2, 0) is 0 Å². The van der Waals surface area contributed by atoms with Crippen LogP contribution in [0.15, 0.2) is 12.3 Å². The molecule has 138 valence electrons. The summed E-state index contributed by atoms with van der Waals surface area (Å²) < 4.78 is 1.73. The Hall–Kier alpha value is -3.36. The van der Waals surface area contributed by atoms with E-state index in [1.54, 1.807) is 22.9 Å². The largest absolute Gasteiger partial charge is 0.477 e. The molecule has 0 radical (unpaired) electrons. The van der Waals surface area contributed by atoms with Gasteiger partial charge in [0, 0.05) is 25.4 Å². The Balaban J connectivity index is 1.70. The van der Waals surface area contributed by atoms with E-state index in [0.29, 0.717) is 23.1 Å². The first-order valence-corrected chi connectivity index (χ1v) is 8.75. The molecule has 0 aromatic carbocycles. The van der Waals surface area contributed by atoms with Gasteiger partial charge >= 0.3 is 5.97 Å². The van der Waals surface area contributed by atoms with Gasteiger partial charge in [-0.1, -0.05) is 0 Å². The van der Waals surface area contributed by atoms with E-state index in [2.05, 4.69) is 29.9 Å². The number of hydrogen-bond donors (Lipinski definition) is 1. The Morgan fingerprint density at radius 1 is 1.11 bits per heavy atom. The lowest BCUT2D eigenvalue weighted by atomic mass is 10.3. The quantitative estimate of drug-likeness (QED) is 0.748. The maximum atomic E-state index is 11.4. The van der Waals surface area contributed by atoms with Crippen molar-refractivity contribution in [3.8, 4) is 0 Å². The molecule has 0 saturated carbocycles. The van der Waals surface area contributed by atoms with Gasteiger partial charge in [0.2, 0.25) is 0 Å². The van der Waals surface area contributed by atoms with Crippen LogP contribution in [0.3, 0.4) is 0 Å². The van der Waals surface area contributed by atoms with Crippen molar-refractivity contribution in [2.75, 3.05) is 18.0 Å². The Morgan fingerprint density at radius 2 is 1.85 bits per heavy atom. The summed E-state index contributed by atoms with van der Waals surface area (Å²) in [6, 6.07) is 1.52. The number of carbonyl (C=O) groups is 1. The van der Waals surface area contributed by atoms with Gasteiger partial charge in [-0.2, -0.15) is 0 Å². The fraction of sp³-hybridized carbons (Fsp3) is 0.333. The highest BCUT2D eigenvalue weighted by Gasteiger charge is 2.17. The number of fused-ring (bicyclic) bond motifs is 1. The summed E-state index contributed by atoms with van der Waals surface area (Å²) in [5, 5.41) is 13.8. The van der Waals surface area contributed by atoms with E-state index >= 15 is 0 Å². The molecule has 0 spiro atoms. The van der Waals surface area contributed by atoms with Crippen molar-refractivity contribution < 1.29 is 9.90 Å². The summed E-state index contributed by atoms with van der Waals surface area (Å²) in [4.78, 5) is 30.8. The predicted octanol–water partition coefficient (Wildman–Crippen LogP) is 2.00. The molecule has 4 rings (SSSR count). The maximum Gasteiger partial charge on any atom is 0.354 e. The van der Waals surface area contributed by atoms with Crippen molar-refractivity contribution in [1.82, 2.24) is 29.5 Å². The van der Waals surface area contributed by atoms with Crippen LogP contribution in [0.4, 0.5) is 5.82 Å². The number of carboxylic acids is 1. The van der Waals surface area contributed by atoms with Gasteiger partial charge in [0.25, 0.3) is 0 Å². The molecule has 3 aromatic heterocycles. The minimum atomic E-state index is -1.07. The zero-order valence-electron chi connectivity index (χ0n) is 15.1. The zero-order chi connectivity index (χ0) is 19.0. The summed E-state index contributed by atoms with van der Waals surface area (Å²) in [7, 11) is 0. The van der Waals surface area contributed by atoms with Crippen LogP contribution in [0.5, 0.6) is 0 Å². The van der Waals surface area contributed by atoms with Crippen LogP contribution in [-0.4, -0.2) is 53.7 Å². The van der Waals surface area contributed by atoms with Gasteiger partial charge in [0.1, 0.15) is 5.82 Å². The van der Waals surface area contributed by atoms with E-state index in [9.17, 15) is 9.90 Å². The fourth-order valence-electron chi connectivity index (χ4n) is 3.08. The van der Waals surface area contributed by atoms with Gasteiger partial charge in [-0.3, -0.25) is 4.98 Å². The minimum absolute atomic E-state index is 0.0228. The average molecular weight is 365 g/mol. The third-order valence-electron chi connectivity index (χ3n) is 4.49. The number of carboxylic acid groups (broad SMARTS) is 1. The highest BCUT2D eigenvalue weighted by molar-refractivity contribution is 5.86. The average Bonchev–Trinajstić information content (AvgIpc) is 3.33. The first kappa shape index (κ1) is 17.1. The van der Waals surface area contributed by atoms with Crippen LogP contribution in [0.1, 0.15) is 46.4 Å². The molecule has 27 heavy (non-hydrogen) atoms. The predicted molar refractivity (Wildman–Crippen MR) is 99.6 cm³/mol. The van der Waals surface area contributed by atoms with Crippen molar-refractivity contribution in [1.29, 1.82) is 0 Å². The lowest BCUT2D eigenvalue weighted by Crippen LogP contribution is -2.20. The second kappa shape index (κ2) is 6.75. The van der Waals surface area contributed by atoms with Gasteiger partial charge in [0.15, 0.2) is 23.0 Å². The highest BCUT2D eigenvalue weighted by atomic mass is 16.4. The van der Waals surface area contributed by atoms with Gasteiger partial charge in [-0.05, 0) is 38.8 Å². The molecule has 1 aliphatic heterocycles. The topological polar surface area (TPSA) is 109 Å². The standard InChI is InChI=1S/C18H19N7O2/c1-11-10-19-12(2)17-22-15(23-25(11)17)6-5-14-20-13(18(26)27)9-16(21-14)24-7-3-4-8-24/h5-6,9-10H,3-4,7-8H2,1-2H3,(H,26,27)/b6-5+.